The first kappa shape index (κ1) is 34.1. The quantitative estimate of drug-likeness (QED) is 0.249. The number of carbonyl (C=O) groups is 3. The minimum Gasteiger partial charge on any atom is -0.497 e. The highest BCUT2D eigenvalue weighted by Gasteiger charge is 2.68. The first-order chi connectivity index (χ1) is 24.6. The molecule has 52 heavy (non-hydrogen) atoms. The first-order valence-electron chi connectivity index (χ1n) is 16.9. The summed E-state index contributed by atoms with van der Waals surface area (Å²) >= 11 is 6.93. The maximum atomic E-state index is 13.8. The van der Waals surface area contributed by atoms with Gasteiger partial charge in [-0.2, -0.15) is 4.68 Å². The lowest BCUT2D eigenvalue weighted by Gasteiger charge is -2.29. The molecule has 4 aromatic rings. The Balaban J connectivity index is 1.20. The van der Waals surface area contributed by atoms with Crippen LogP contribution in [0.2, 0.25) is 5.02 Å². The van der Waals surface area contributed by atoms with Crippen molar-refractivity contribution >= 4 is 73.6 Å². The summed E-state index contributed by atoms with van der Waals surface area (Å²) in [5.41, 5.74) is -0.00412. The Morgan fingerprint density at radius 2 is 1.79 bits per heavy atom. The summed E-state index contributed by atoms with van der Waals surface area (Å²) in [6.07, 6.45) is 0.0875. The lowest BCUT2D eigenvalue weighted by atomic mass is 9.91. The zero-order chi connectivity index (χ0) is 36.9. The molecule has 2 N–H and O–H groups in total. The average Bonchev–Trinajstić information content (AvgIpc) is 4.01. The number of nitrogens with zero attached hydrogens (tertiary/aromatic N) is 6. The zero-order valence-electron chi connectivity index (χ0n) is 28.8. The number of carbonyl (C=O) groups excluding carboxylic acids is 2. The molecule has 4 aliphatic rings. The van der Waals surface area contributed by atoms with E-state index in [1.54, 1.807) is 51.1 Å². The predicted molar refractivity (Wildman–Crippen MR) is 192 cm³/mol. The molecule has 2 aromatic carbocycles. The van der Waals surface area contributed by atoms with Crippen molar-refractivity contribution in [1.29, 1.82) is 0 Å². The Hall–Kier alpha value is -4.96. The molecule has 2 amide bonds. The number of hydrogen-bond donors (Lipinski definition) is 2. The number of ether oxygens (including phenoxy) is 2. The monoisotopic (exact) mass is 749 g/mol. The normalized spacial score (nSPS) is 22.1. The van der Waals surface area contributed by atoms with E-state index in [0.717, 1.165) is 22.4 Å². The molecule has 1 spiro atoms. The van der Waals surface area contributed by atoms with Gasteiger partial charge in [0.1, 0.15) is 22.2 Å². The highest BCUT2D eigenvalue weighted by molar-refractivity contribution is 7.91. The van der Waals surface area contributed by atoms with Gasteiger partial charge in [0.25, 0.3) is 0 Å². The molecule has 2 aromatic heterocycles. The Morgan fingerprint density at radius 3 is 2.44 bits per heavy atom. The number of nitrogens with one attached hydrogen (secondary N) is 1. The Kier molecular flexibility index (Phi) is 7.74. The van der Waals surface area contributed by atoms with Crippen molar-refractivity contribution < 1.29 is 37.4 Å². The minimum atomic E-state index is -3.15. The van der Waals surface area contributed by atoms with E-state index in [0.29, 0.717) is 51.5 Å². The molecule has 0 bridgehead atoms. The molecule has 15 nitrogen and oxygen atoms in total. The number of fused-ring (bicyclic) bond motifs is 3. The number of imide groups is 1. The second kappa shape index (κ2) is 11.8. The number of methoxy groups -OCH3 is 1. The van der Waals surface area contributed by atoms with Gasteiger partial charge in [0.15, 0.2) is 27.3 Å². The molecule has 2 aliphatic carbocycles. The van der Waals surface area contributed by atoms with Crippen LogP contribution in [-0.4, -0.2) is 88.7 Å². The molecule has 8 rings (SSSR count). The number of hydrogen-bond acceptors (Lipinski definition) is 12. The van der Waals surface area contributed by atoms with E-state index in [2.05, 4.69) is 10.4 Å². The second-order valence-corrected chi connectivity index (χ2v) is 17.3. The summed E-state index contributed by atoms with van der Waals surface area (Å²) in [6, 6.07) is 10.3. The maximum absolute atomic E-state index is 13.8. The minimum absolute atomic E-state index is 0.0105. The van der Waals surface area contributed by atoms with Gasteiger partial charge in [-0.1, -0.05) is 17.7 Å². The van der Waals surface area contributed by atoms with Crippen molar-refractivity contribution in [2.45, 2.75) is 62.9 Å². The van der Waals surface area contributed by atoms with Gasteiger partial charge in [0.2, 0.25) is 5.91 Å². The van der Waals surface area contributed by atoms with E-state index in [4.69, 9.17) is 31.0 Å². The van der Waals surface area contributed by atoms with E-state index in [9.17, 15) is 27.9 Å². The highest BCUT2D eigenvalue weighted by atomic mass is 35.5. The SMILES string of the molecule is COc1ccc2c(c1)[C@]1(CC1c1ccc3c(Nc4nc(C5CC5)nc(N5CCS(=O)(=O)CC5)c4Cl)nn(C(=O)OC(C)(C)C)c3c1)C(=O)N2C(=O)O. The molecule has 4 heterocycles. The van der Waals surface area contributed by atoms with Crippen LogP contribution < -0.4 is 19.9 Å². The fraction of sp³-hybridized carbons (Fsp3) is 0.429. The smallest absolute Gasteiger partial charge is 0.435 e. The van der Waals surface area contributed by atoms with Crippen LogP contribution in [0.3, 0.4) is 0 Å². The predicted octanol–water partition coefficient (Wildman–Crippen LogP) is 5.58. The van der Waals surface area contributed by atoms with Gasteiger partial charge in [0.05, 0.1) is 35.2 Å². The number of carboxylic acid groups (broad SMARTS) is 1. The van der Waals surface area contributed by atoms with Crippen LogP contribution in [0.5, 0.6) is 5.75 Å². The standard InChI is InChI=1S/C35H36ClN7O8S/c1-34(2,3)51-33(47)43-25-15-19(23-17-35(23)22-16-20(50-4)8-10-24(22)42(31(35)44)32(45)46)7-9-21(25)28(40-43)38-29-26(36)30(39-27(37-29)18-5-6-18)41-11-13-52(48,49)14-12-41/h7-10,15-16,18,23H,5-6,11-14,17H2,1-4H3,(H,45,46)(H,37,38,39,40)/t23?,35-/m0/s1. The van der Waals surface area contributed by atoms with Crippen LogP contribution in [0, 0.1) is 0 Å². The van der Waals surface area contributed by atoms with Crippen molar-refractivity contribution in [3.05, 3.63) is 58.4 Å². The van der Waals surface area contributed by atoms with Crippen LogP contribution in [0.1, 0.15) is 68.8 Å². The summed E-state index contributed by atoms with van der Waals surface area (Å²) in [4.78, 5) is 51.8. The average molecular weight is 750 g/mol. The van der Waals surface area contributed by atoms with E-state index in [1.807, 2.05) is 11.0 Å². The Bertz CT molecular complexity index is 2310. The third kappa shape index (κ3) is 5.68. The molecule has 3 fully saturated rings. The van der Waals surface area contributed by atoms with Gasteiger partial charge < -0.3 is 24.8 Å². The van der Waals surface area contributed by atoms with Gasteiger partial charge >= 0.3 is 12.2 Å². The number of aromatic nitrogens is 4. The third-order valence-corrected chi connectivity index (χ3v) is 12.0. The summed E-state index contributed by atoms with van der Waals surface area (Å²) in [6.45, 7) is 5.72. The molecular weight excluding hydrogens is 714 g/mol. The maximum Gasteiger partial charge on any atom is 0.435 e. The van der Waals surface area contributed by atoms with Gasteiger partial charge in [-0.3, -0.25) is 4.79 Å². The van der Waals surface area contributed by atoms with Crippen LogP contribution in [0.25, 0.3) is 10.9 Å². The molecule has 272 valence electrons. The molecule has 17 heteroatoms. The molecule has 1 unspecified atom stereocenters. The van der Waals surface area contributed by atoms with Gasteiger partial charge in [-0.15, -0.1) is 5.10 Å². The zero-order valence-corrected chi connectivity index (χ0v) is 30.4. The number of amides is 2. The fourth-order valence-electron chi connectivity index (χ4n) is 7.20. The van der Waals surface area contributed by atoms with Crippen molar-refractivity contribution in [3.63, 3.8) is 0 Å². The summed E-state index contributed by atoms with van der Waals surface area (Å²) < 4.78 is 36.6. The lowest BCUT2D eigenvalue weighted by molar-refractivity contribution is -0.119. The number of halogens is 1. The van der Waals surface area contributed by atoms with Crippen LogP contribution in [0.15, 0.2) is 36.4 Å². The molecule has 2 aliphatic heterocycles. The largest absolute Gasteiger partial charge is 0.497 e. The molecule has 1 saturated heterocycles. The Labute approximate surface area is 303 Å². The van der Waals surface area contributed by atoms with Gasteiger partial charge in [0, 0.05) is 30.3 Å². The summed E-state index contributed by atoms with van der Waals surface area (Å²) in [5.74, 6) is 1.23. The van der Waals surface area contributed by atoms with Crippen LogP contribution in [0.4, 0.5) is 32.7 Å². The number of rotatable bonds is 6. The van der Waals surface area contributed by atoms with Gasteiger partial charge in [-0.05, 0) is 81.5 Å². The van der Waals surface area contributed by atoms with Gasteiger partial charge in [-0.25, -0.2) is 32.9 Å². The van der Waals surface area contributed by atoms with E-state index in [1.165, 1.54) is 7.11 Å². The summed E-state index contributed by atoms with van der Waals surface area (Å²) in [7, 11) is -1.64. The number of benzene rings is 2. The molecule has 2 saturated carbocycles. The van der Waals surface area contributed by atoms with Crippen molar-refractivity contribution in [3.8, 4) is 5.75 Å². The topological polar surface area (TPSA) is 186 Å². The van der Waals surface area contributed by atoms with Crippen molar-refractivity contribution in [2.24, 2.45) is 0 Å². The van der Waals surface area contributed by atoms with Crippen molar-refractivity contribution in [2.75, 3.05) is 46.8 Å². The van der Waals surface area contributed by atoms with Crippen molar-refractivity contribution in [1.82, 2.24) is 19.7 Å². The molecule has 0 radical (unpaired) electrons. The molecule has 2 atom stereocenters. The number of sulfone groups is 1. The van der Waals surface area contributed by atoms with E-state index < -0.39 is 44.9 Å². The van der Waals surface area contributed by atoms with E-state index >= 15 is 0 Å². The highest BCUT2D eigenvalue weighted by Crippen LogP contribution is 2.67. The molecular formula is C35H36ClN7O8S. The fourth-order valence-corrected chi connectivity index (χ4v) is 8.65. The van der Waals surface area contributed by atoms with Crippen LogP contribution in [-0.2, 0) is 24.8 Å². The third-order valence-electron chi connectivity index (χ3n) is 10.0. The second-order valence-electron chi connectivity index (χ2n) is 14.7. The van der Waals surface area contributed by atoms with Crippen LogP contribution >= 0.6 is 11.6 Å². The Morgan fingerprint density at radius 1 is 1.06 bits per heavy atom. The summed E-state index contributed by atoms with van der Waals surface area (Å²) in [5, 5.41) is 18.6. The first-order valence-corrected chi connectivity index (χ1v) is 19.1. The van der Waals surface area contributed by atoms with E-state index in [-0.39, 0.29) is 47.2 Å². The number of anilines is 4. The lowest BCUT2D eigenvalue weighted by Crippen LogP contribution is -2.41.